The summed E-state index contributed by atoms with van der Waals surface area (Å²) in [5.41, 5.74) is 0.202. The molecule has 0 aromatic heterocycles. The highest BCUT2D eigenvalue weighted by Crippen LogP contribution is 2.47. The lowest BCUT2D eigenvalue weighted by Gasteiger charge is -2.38. The van der Waals surface area contributed by atoms with E-state index in [1.54, 1.807) is 31.1 Å². The SMILES string of the molecule is COc1ccccc1C(c1cccc2ccccc12)[C@@](C)(C#N)C(=O)N1CC=C(c2ccc(Cl)c(C(F)(F)F)c2)CC1. The first kappa shape index (κ1) is 29.2. The normalized spacial score (nSPS) is 15.8. The first-order valence-electron chi connectivity index (χ1n) is 13.5. The summed E-state index contributed by atoms with van der Waals surface area (Å²) in [7, 11) is 1.56. The minimum absolute atomic E-state index is 0.156. The number of carbonyl (C=O) groups is 1. The van der Waals surface area contributed by atoms with Crippen molar-refractivity contribution in [2.75, 3.05) is 20.2 Å². The van der Waals surface area contributed by atoms with E-state index in [-0.39, 0.29) is 24.0 Å². The number of para-hydroxylation sites is 1. The molecule has 1 amide bonds. The van der Waals surface area contributed by atoms with Crippen LogP contribution >= 0.6 is 11.6 Å². The van der Waals surface area contributed by atoms with E-state index in [0.717, 1.165) is 22.4 Å². The number of methoxy groups -OCH3 is 1. The maximum atomic E-state index is 14.3. The third-order valence-electron chi connectivity index (χ3n) is 7.98. The topological polar surface area (TPSA) is 53.3 Å². The largest absolute Gasteiger partial charge is 0.496 e. The monoisotopic (exact) mass is 588 g/mol. The van der Waals surface area contributed by atoms with Crippen LogP contribution in [-0.4, -0.2) is 31.0 Å². The predicted octanol–water partition coefficient (Wildman–Crippen LogP) is 8.50. The highest BCUT2D eigenvalue weighted by molar-refractivity contribution is 6.31. The number of nitrogens with zero attached hydrogens (tertiary/aromatic N) is 2. The van der Waals surface area contributed by atoms with Crippen LogP contribution in [0.4, 0.5) is 13.2 Å². The molecule has 2 atom stereocenters. The van der Waals surface area contributed by atoms with Gasteiger partial charge >= 0.3 is 6.18 Å². The third kappa shape index (κ3) is 5.35. The molecule has 0 N–H and O–H groups in total. The summed E-state index contributed by atoms with van der Waals surface area (Å²) in [4.78, 5) is 15.9. The van der Waals surface area contributed by atoms with Gasteiger partial charge in [-0.25, -0.2) is 0 Å². The van der Waals surface area contributed by atoms with Crippen LogP contribution in [0.5, 0.6) is 5.75 Å². The molecule has 1 unspecified atom stereocenters. The van der Waals surface area contributed by atoms with Gasteiger partial charge in [0, 0.05) is 24.6 Å². The molecule has 4 nitrogen and oxygen atoms in total. The first-order valence-corrected chi connectivity index (χ1v) is 13.8. The van der Waals surface area contributed by atoms with Crippen LogP contribution in [-0.2, 0) is 11.0 Å². The molecule has 214 valence electrons. The summed E-state index contributed by atoms with van der Waals surface area (Å²) in [6.07, 6.45) is -2.49. The van der Waals surface area contributed by atoms with Crippen LogP contribution in [0.15, 0.2) is 91.0 Å². The lowest BCUT2D eigenvalue weighted by molar-refractivity contribution is -0.138. The number of nitriles is 1. The van der Waals surface area contributed by atoms with Gasteiger partial charge < -0.3 is 9.64 Å². The molecule has 0 radical (unpaired) electrons. The third-order valence-corrected chi connectivity index (χ3v) is 8.31. The van der Waals surface area contributed by atoms with Gasteiger partial charge in [0.15, 0.2) is 0 Å². The summed E-state index contributed by atoms with van der Waals surface area (Å²) in [5.74, 6) is -0.474. The van der Waals surface area contributed by atoms with Crippen LogP contribution in [0.25, 0.3) is 16.3 Å². The number of hydrogen-bond donors (Lipinski definition) is 0. The second-order valence-corrected chi connectivity index (χ2v) is 10.9. The van der Waals surface area contributed by atoms with Crippen molar-refractivity contribution in [2.45, 2.75) is 25.4 Å². The molecule has 42 heavy (non-hydrogen) atoms. The molecule has 1 aliphatic heterocycles. The minimum Gasteiger partial charge on any atom is -0.496 e. The number of ether oxygens (including phenoxy) is 1. The van der Waals surface area contributed by atoms with Crippen molar-refractivity contribution in [1.82, 2.24) is 4.90 Å². The Labute approximate surface area is 247 Å². The number of hydrogen-bond acceptors (Lipinski definition) is 3. The summed E-state index contributed by atoms with van der Waals surface area (Å²) < 4.78 is 46.0. The zero-order valence-corrected chi connectivity index (χ0v) is 23.8. The molecular weight excluding hydrogens is 561 g/mol. The van der Waals surface area contributed by atoms with Crippen molar-refractivity contribution < 1.29 is 22.7 Å². The van der Waals surface area contributed by atoms with Crippen molar-refractivity contribution >= 4 is 33.9 Å². The van der Waals surface area contributed by atoms with Crippen LogP contribution in [0.1, 0.15) is 41.5 Å². The highest BCUT2D eigenvalue weighted by Gasteiger charge is 2.47. The number of benzene rings is 4. The molecule has 1 heterocycles. The minimum atomic E-state index is -4.58. The van der Waals surface area contributed by atoms with Crippen molar-refractivity contribution in [2.24, 2.45) is 5.41 Å². The van der Waals surface area contributed by atoms with Gasteiger partial charge in [0.25, 0.3) is 0 Å². The van der Waals surface area contributed by atoms with E-state index >= 15 is 0 Å². The molecule has 5 rings (SSSR count). The van der Waals surface area contributed by atoms with Crippen molar-refractivity contribution in [3.63, 3.8) is 0 Å². The number of alkyl halides is 3. The van der Waals surface area contributed by atoms with Crippen molar-refractivity contribution in [3.05, 3.63) is 118 Å². The van der Waals surface area contributed by atoms with Gasteiger partial charge in [0.2, 0.25) is 5.91 Å². The van der Waals surface area contributed by atoms with E-state index < -0.39 is 23.1 Å². The summed E-state index contributed by atoms with van der Waals surface area (Å²) in [6, 6.07) is 27.3. The fourth-order valence-electron chi connectivity index (χ4n) is 5.82. The van der Waals surface area contributed by atoms with Crippen LogP contribution < -0.4 is 4.74 Å². The molecule has 0 bridgehead atoms. The lowest BCUT2D eigenvalue weighted by Crippen LogP contribution is -2.46. The Kier molecular flexibility index (Phi) is 8.03. The number of fused-ring (bicyclic) bond motifs is 1. The van der Waals surface area contributed by atoms with Gasteiger partial charge in [-0.15, -0.1) is 0 Å². The summed E-state index contributed by atoms with van der Waals surface area (Å²) in [5, 5.41) is 12.3. The fraction of sp³-hybridized carbons (Fsp3) is 0.235. The Balaban J connectivity index is 1.55. The van der Waals surface area contributed by atoms with E-state index in [1.807, 2.05) is 66.7 Å². The smallest absolute Gasteiger partial charge is 0.417 e. The lowest BCUT2D eigenvalue weighted by atomic mass is 9.68. The van der Waals surface area contributed by atoms with E-state index in [4.69, 9.17) is 16.3 Å². The Morgan fingerprint density at radius 3 is 2.38 bits per heavy atom. The Hall–Kier alpha value is -4.28. The molecule has 8 heteroatoms. The number of halogens is 4. The van der Waals surface area contributed by atoms with Crippen molar-refractivity contribution in [3.8, 4) is 11.8 Å². The Morgan fingerprint density at radius 1 is 1.00 bits per heavy atom. The van der Waals surface area contributed by atoms with E-state index in [0.29, 0.717) is 28.9 Å². The molecule has 1 aliphatic rings. The molecule has 0 saturated carbocycles. The molecule has 4 aromatic rings. The van der Waals surface area contributed by atoms with E-state index in [1.165, 1.54) is 6.07 Å². The van der Waals surface area contributed by atoms with Crippen molar-refractivity contribution in [1.29, 1.82) is 5.26 Å². The van der Waals surface area contributed by atoms with E-state index in [2.05, 4.69) is 6.07 Å². The molecule has 0 saturated heterocycles. The zero-order chi connectivity index (χ0) is 30.1. The maximum absolute atomic E-state index is 14.3. The van der Waals surface area contributed by atoms with Crippen LogP contribution in [0.3, 0.4) is 0 Å². The van der Waals surface area contributed by atoms with Gasteiger partial charge in [-0.05, 0) is 59.0 Å². The number of rotatable bonds is 6. The Bertz CT molecular complexity index is 1720. The fourth-order valence-corrected chi connectivity index (χ4v) is 6.04. The molecular formula is C34H28ClF3N2O2. The number of carbonyl (C=O) groups excluding carboxylic acids is 1. The van der Waals surface area contributed by atoms with Gasteiger partial charge in [0.05, 0.1) is 23.8 Å². The second kappa shape index (κ2) is 11.5. The predicted molar refractivity (Wildman–Crippen MR) is 158 cm³/mol. The molecule has 4 aromatic carbocycles. The van der Waals surface area contributed by atoms with Gasteiger partial charge in [-0.2, -0.15) is 18.4 Å². The number of amides is 1. The second-order valence-electron chi connectivity index (χ2n) is 10.5. The van der Waals surface area contributed by atoms with Crippen LogP contribution in [0, 0.1) is 16.7 Å². The van der Waals surface area contributed by atoms with Crippen LogP contribution in [0.2, 0.25) is 5.02 Å². The Morgan fingerprint density at radius 2 is 1.69 bits per heavy atom. The average molecular weight is 589 g/mol. The quantitative estimate of drug-likeness (QED) is 0.227. The molecule has 0 spiro atoms. The zero-order valence-electron chi connectivity index (χ0n) is 23.1. The average Bonchev–Trinajstić information content (AvgIpc) is 3.01. The maximum Gasteiger partial charge on any atom is 0.417 e. The first-order chi connectivity index (χ1) is 20.1. The van der Waals surface area contributed by atoms with Gasteiger partial charge in [0.1, 0.15) is 11.2 Å². The summed E-state index contributed by atoms with van der Waals surface area (Å²) >= 11 is 5.81. The molecule has 0 fully saturated rings. The standard InChI is InChI=1S/C34H28ClF3N2O2/c1-33(21-39,32(41)40-18-16-22(17-19-40)24-14-15-29(35)28(20-24)34(36,37)38)31(27-11-5-6-13-30(27)42-2)26-12-7-9-23-8-3-4-10-25(23)26/h3-16,20,31H,17-19H2,1-2H3/t31?,33-/m1/s1. The summed E-state index contributed by atoms with van der Waals surface area (Å²) in [6.45, 7) is 2.06. The molecule has 0 aliphatic carbocycles. The van der Waals surface area contributed by atoms with Gasteiger partial charge in [-0.3, -0.25) is 4.79 Å². The highest BCUT2D eigenvalue weighted by atomic mass is 35.5. The van der Waals surface area contributed by atoms with Gasteiger partial charge in [-0.1, -0.05) is 84.4 Å². The van der Waals surface area contributed by atoms with E-state index in [9.17, 15) is 23.2 Å².